The molecule has 0 amide bonds. The highest BCUT2D eigenvalue weighted by molar-refractivity contribution is 5.69. The van der Waals surface area contributed by atoms with Gasteiger partial charge in [-0.3, -0.25) is 0 Å². The lowest BCUT2D eigenvalue weighted by atomic mass is 10.0. The van der Waals surface area contributed by atoms with Crippen LogP contribution in [0, 0.1) is 17.6 Å². The van der Waals surface area contributed by atoms with E-state index >= 15 is 0 Å². The van der Waals surface area contributed by atoms with Crippen LogP contribution in [0.25, 0.3) is 5.57 Å². The van der Waals surface area contributed by atoms with Gasteiger partial charge in [-0.2, -0.15) is 0 Å². The van der Waals surface area contributed by atoms with E-state index in [1.54, 1.807) is 19.0 Å². The molecule has 0 saturated carbocycles. The van der Waals surface area contributed by atoms with Crippen LogP contribution in [-0.4, -0.2) is 0 Å². The van der Waals surface area contributed by atoms with Crippen LogP contribution >= 0.6 is 0 Å². The van der Waals surface area contributed by atoms with Gasteiger partial charge in [-0.15, -0.1) is 0 Å². The largest absolute Gasteiger partial charge is 0.261 e. The summed E-state index contributed by atoms with van der Waals surface area (Å²) in [5.41, 5.74) is 2.00. The Morgan fingerprint density at radius 2 is 2.15 bits per heavy atom. The van der Waals surface area contributed by atoms with E-state index in [4.69, 9.17) is 0 Å². The molecule has 0 fully saturated rings. The lowest BCUT2D eigenvalue weighted by Gasteiger charge is -2.00. The van der Waals surface area contributed by atoms with Gasteiger partial charge in [0.25, 0.3) is 5.69 Å². The molecule has 0 aromatic heterocycles. The molecule has 3 heteroatoms. The van der Waals surface area contributed by atoms with Crippen molar-refractivity contribution in [2.24, 2.45) is 0 Å². The molecule has 0 aliphatic rings. The number of halogens is 1. The Labute approximate surface area is 76.1 Å². The fourth-order valence-electron chi connectivity index (χ4n) is 1.12. The third-order valence-electron chi connectivity index (χ3n) is 1.87. The Morgan fingerprint density at radius 3 is 2.62 bits per heavy atom. The van der Waals surface area contributed by atoms with E-state index in [9.17, 15) is 9.30 Å². The summed E-state index contributed by atoms with van der Waals surface area (Å²) in [6.45, 7) is 7.00. The minimum atomic E-state index is -0.322. The molecule has 1 aromatic carbocycles. The van der Waals surface area contributed by atoms with Gasteiger partial charge in [-0.25, -0.2) is 4.39 Å². The number of rotatable bonds is 2. The van der Waals surface area contributed by atoms with Gasteiger partial charge in [0, 0.05) is 16.2 Å². The number of allylic oxidation sites excluding steroid dienone is 1. The maximum absolute atomic E-state index is 13.1. The Kier molecular flexibility index (Phi) is 2.56. The van der Waals surface area contributed by atoms with Crippen molar-refractivity contribution in [2.75, 3.05) is 0 Å². The Morgan fingerprint density at radius 1 is 1.54 bits per heavy atom. The first-order valence-electron chi connectivity index (χ1n) is 3.90. The molecule has 0 radical (unpaired) electrons. The fourth-order valence-corrected chi connectivity index (χ4v) is 1.12. The molecular weight excluding hydrogens is 169 g/mol. The molecule has 0 bridgehead atoms. The number of benzene rings is 1. The number of nitroso groups, excluding NO2 is 1. The first-order chi connectivity index (χ1) is 6.06. The Balaban J connectivity index is 3.41. The van der Waals surface area contributed by atoms with E-state index in [2.05, 4.69) is 6.58 Å². The SMILES string of the molecule is C=C(C)c1cc(F)c(C)cc1[NH+]=O. The second-order valence-electron chi connectivity index (χ2n) is 3.03. The van der Waals surface area contributed by atoms with Gasteiger partial charge < -0.3 is 0 Å². The van der Waals surface area contributed by atoms with Crippen molar-refractivity contribution in [3.8, 4) is 0 Å². The van der Waals surface area contributed by atoms with Crippen molar-refractivity contribution in [1.82, 2.24) is 0 Å². The molecule has 2 nitrogen and oxygen atoms in total. The van der Waals surface area contributed by atoms with Gasteiger partial charge in [0.2, 0.25) is 0 Å². The third-order valence-corrected chi connectivity index (χ3v) is 1.87. The number of nitrogens with one attached hydrogen (secondary N) is 1. The minimum Gasteiger partial charge on any atom is -0.207 e. The van der Waals surface area contributed by atoms with Gasteiger partial charge in [0.05, 0.1) is 5.56 Å². The predicted molar refractivity (Wildman–Crippen MR) is 49.8 cm³/mol. The molecule has 0 heterocycles. The average molecular weight is 180 g/mol. The molecule has 0 aliphatic carbocycles. The predicted octanol–water partition coefficient (Wildman–Crippen LogP) is 1.65. The topological polar surface area (TPSA) is 31.0 Å². The summed E-state index contributed by atoms with van der Waals surface area (Å²) in [6, 6.07) is 2.80. The van der Waals surface area contributed by atoms with Crippen LogP contribution < -0.4 is 5.18 Å². The van der Waals surface area contributed by atoms with E-state index < -0.39 is 0 Å². The average Bonchev–Trinajstić information content (AvgIpc) is 2.08. The molecule has 1 aromatic rings. The van der Waals surface area contributed by atoms with Gasteiger partial charge >= 0.3 is 0 Å². The van der Waals surface area contributed by atoms with Crippen molar-refractivity contribution >= 4 is 11.3 Å². The number of hydrogen-bond acceptors (Lipinski definition) is 1. The summed E-state index contributed by atoms with van der Waals surface area (Å²) in [4.78, 5) is 10.5. The van der Waals surface area contributed by atoms with Crippen molar-refractivity contribution in [1.29, 1.82) is 0 Å². The number of hydrogen-bond donors (Lipinski definition) is 1. The van der Waals surface area contributed by atoms with E-state index in [0.29, 0.717) is 22.4 Å². The van der Waals surface area contributed by atoms with Crippen LogP contribution in [0.5, 0.6) is 0 Å². The van der Waals surface area contributed by atoms with E-state index in [-0.39, 0.29) is 5.82 Å². The monoisotopic (exact) mass is 180 g/mol. The van der Waals surface area contributed by atoms with Crippen molar-refractivity contribution in [2.45, 2.75) is 13.8 Å². The van der Waals surface area contributed by atoms with Gasteiger partial charge in [0.15, 0.2) is 0 Å². The van der Waals surface area contributed by atoms with Crippen LogP contribution in [0.4, 0.5) is 10.1 Å². The lowest BCUT2D eigenvalue weighted by molar-refractivity contribution is -0.379. The molecule has 68 valence electrons. The molecule has 0 aliphatic heterocycles. The van der Waals surface area contributed by atoms with Gasteiger partial charge in [0.1, 0.15) is 5.82 Å². The molecule has 1 N–H and O–H groups in total. The normalized spacial score (nSPS) is 9.77. The van der Waals surface area contributed by atoms with Crippen LogP contribution in [-0.2, 0) is 0 Å². The van der Waals surface area contributed by atoms with Crippen molar-refractivity contribution in [3.05, 3.63) is 40.6 Å². The fraction of sp³-hybridized carbons (Fsp3) is 0.200. The summed E-state index contributed by atoms with van der Waals surface area (Å²) >= 11 is 0. The lowest BCUT2D eigenvalue weighted by Crippen LogP contribution is -2.56. The maximum Gasteiger partial charge on any atom is 0.261 e. The van der Waals surface area contributed by atoms with Gasteiger partial charge in [-0.05, 0) is 31.1 Å². The second kappa shape index (κ2) is 3.47. The van der Waals surface area contributed by atoms with Crippen LogP contribution in [0.3, 0.4) is 0 Å². The summed E-state index contributed by atoms with van der Waals surface area (Å²) in [5.74, 6) is -0.322. The summed E-state index contributed by atoms with van der Waals surface area (Å²) in [5, 5.41) is 1.77. The third kappa shape index (κ3) is 1.80. The van der Waals surface area contributed by atoms with E-state index in [1.807, 2.05) is 0 Å². The van der Waals surface area contributed by atoms with Crippen molar-refractivity contribution < 1.29 is 9.57 Å². The first kappa shape index (κ1) is 9.58. The van der Waals surface area contributed by atoms with E-state index in [0.717, 1.165) is 0 Å². The quantitative estimate of drug-likeness (QED) is 0.737. The molecular formula is C10H11FNO+. The summed E-state index contributed by atoms with van der Waals surface area (Å²) in [6.07, 6.45) is 0. The molecule has 0 saturated heterocycles. The number of aryl methyl sites for hydroxylation is 1. The maximum atomic E-state index is 13.1. The van der Waals surface area contributed by atoms with Crippen LogP contribution in [0.2, 0.25) is 0 Å². The Hall–Kier alpha value is -1.51. The highest BCUT2D eigenvalue weighted by Crippen LogP contribution is 2.21. The molecule has 0 spiro atoms. The smallest absolute Gasteiger partial charge is 0.207 e. The van der Waals surface area contributed by atoms with Crippen molar-refractivity contribution in [3.63, 3.8) is 0 Å². The highest BCUT2D eigenvalue weighted by Gasteiger charge is 2.12. The zero-order valence-electron chi connectivity index (χ0n) is 7.65. The first-order valence-corrected chi connectivity index (χ1v) is 3.90. The molecule has 1 rings (SSSR count). The standard InChI is InChI=1S/C10H10FNO/c1-6(2)8-5-9(11)7(3)4-10(8)12-13/h4-5H,1H2,2-3H3/p+1. The zero-order chi connectivity index (χ0) is 10.0. The summed E-state index contributed by atoms with van der Waals surface area (Å²) in [7, 11) is 0. The molecule has 0 atom stereocenters. The summed E-state index contributed by atoms with van der Waals surface area (Å²) < 4.78 is 13.1. The highest BCUT2D eigenvalue weighted by atomic mass is 19.1. The van der Waals surface area contributed by atoms with Crippen LogP contribution in [0.1, 0.15) is 18.1 Å². The zero-order valence-corrected chi connectivity index (χ0v) is 7.65. The molecule has 13 heavy (non-hydrogen) atoms. The minimum absolute atomic E-state index is 0.322. The Bertz CT molecular complexity index is 371. The second-order valence-corrected chi connectivity index (χ2v) is 3.03. The van der Waals surface area contributed by atoms with Crippen LogP contribution in [0.15, 0.2) is 18.7 Å². The van der Waals surface area contributed by atoms with Gasteiger partial charge in [-0.1, -0.05) is 6.58 Å². The molecule has 0 unspecified atom stereocenters. The van der Waals surface area contributed by atoms with E-state index in [1.165, 1.54) is 12.1 Å².